The third-order valence-corrected chi connectivity index (χ3v) is 2.38. The summed E-state index contributed by atoms with van der Waals surface area (Å²) in [7, 11) is 0. The number of aromatic nitrogens is 2. The molecule has 0 fully saturated rings. The molecule has 0 saturated carbocycles. The molecule has 0 aliphatic carbocycles. The zero-order chi connectivity index (χ0) is 11.4. The molecular formula is C11H8Cl2N2O. The van der Waals surface area contributed by atoms with Crippen molar-refractivity contribution in [2.24, 2.45) is 0 Å². The fraction of sp³-hybridized carbons (Fsp3) is 0.0909. The summed E-state index contributed by atoms with van der Waals surface area (Å²) in [6, 6.07) is 5.33. The lowest BCUT2D eigenvalue weighted by molar-refractivity contribution is 0.456. The molecule has 5 heteroatoms. The lowest BCUT2D eigenvalue weighted by Gasteiger charge is -2.07. The van der Waals surface area contributed by atoms with Gasteiger partial charge >= 0.3 is 0 Å². The van der Waals surface area contributed by atoms with E-state index in [1.54, 1.807) is 24.5 Å². The van der Waals surface area contributed by atoms with Crippen LogP contribution in [0.15, 0.2) is 36.8 Å². The molecule has 0 aromatic carbocycles. The molecule has 0 atom stereocenters. The Hall–Kier alpha value is -1.32. The molecule has 2 aromatic heterocycles. The maximum atomic E-state index is 5.80. The minimum atomic E-state index is 0.344. The van der Waals surface area contributed by atoms with Gasteiger partial charge in [0.25, 0.3) is 0 Å². The molecule has 0 unspecified atom stereocenters. The quantitative estimate of drug-likeness (QED) is 0.785. The van der Waals surface area contributed by atoms with E-state index in [0.29, 0.717) is 22.5 Å². The SMILES string of the molecule is ClCc1cccnc1Oc1cncc(Cl)c1. The first kappa shape index (κ1) is 11.2. The number of halogens is 2. The average molecular weight is 255 g/mol. The van der Waals surface area contributed by atoms with Gasteiger partial charge < -0.3 is 4.74 Å². The highest BCUT2D eigenvalue weighted by atomic mass is 35.5. The van der Waals surface area contributed by atoms with Crippen molar-refractivity contribution in [1.29, 1.82) is 0 Å². The van der Waals surface area contributed by atoms with Crippen LogP contribution in [-0.2, 0) is 5.88 Å². The minimum Gasteiger partial charge on any atom is -0.437 e. The Balaban J connectivity index is 2.26. The van der Waals surface area contributed by atoms with Gasteiger partial charge in [0.1, 0.15) is 5.75 Å². The van der Waals surface area contributed by atoms with Crippen LogP contribution in [0.2, 0.25) is 5.02 Å². The van der Waals surface area contributed by atoms with Gasteiger partial charge in [0, 0.05) is 24.0 Å². The van der Waals surface area contributed by atoms with Crippen LogP contribution in [0.4, 0.5) is 0 Å². The van der Waals surface area contributed by atoms with Gasteiger partial charge in [0.05, 0.1) is 17.1 Å². The van der Waals surface area contributed by atoms with Crippen molar-refractivity contribution in [3.05, 3.63) is 47.4 Å². The number of alkyl halides is 1. The van der Waals surface area contributed by atoms with E-state index in [1.165, 1.54) is 6.20 Å². The highest BCUT2D eigenvalue weighted by Gasteiger charge is 2.05. The minimum absolute atomic E-state index is 0.344. The second-order valence-electron chi connectivity index (χ2n) is 3.04. The summed E-state index contributed by atoms with van der Waals surface area (Å²) in [6.45, 7) is 0. The second-order valence-corrected chi connectivity index (χ2v) is 3.75. The zero-order valence-corrected chi connectivity index (χ0v) is 9.74. The molecule has 0 saturated heterocycles. The van der Waals surface area contributed by atoms with Gasteiger partial charge in [-0.1, -0.05) is 17.7 Å². The van der Waals surface area contributed by atoms with Crippen LogP contribution in [0.1, 0.15) is 5.56 Å². The van der Waals surface area contributed by atoms with Crippen molar-refractivity contribution in [3.8, 4) is 11.6 Å². The number of hydrogen-bond acceptors (Lipinski definition) is 3. The van der Waals surface area contributed by atoms with E-state index in [2.05, 4.69) is 9.97 Å². The van der Waals surface area contributed by atoms with Gasteiger partial charge in [-0.3, -0.25) is 4.98 Å². The summed E-state index contributed by atoms with van der Waals surface area (Å²) < 4.78 is 5.54. The van der Waals surface area contributed by atoms with Crippen LogP contribution >= 0.6 is 23.2 Å². The van der Waals surface area contributed by atoms with Crippen molar-refractivity contribution in [2.75, 3.05) is 0 Å². The molecular weight excluding hydrogens is 247 g/mol. The molecule has 0 amide bonds. The van der Waals surface area contributed by atoms with Crippen molar-refractivity contribution in [1.82, 2.24) is 9.97 Å². The first-order valence-corrected chi connectivity index (χ1v) is 5.49. The van der Waals surface area contributed by atoms with E-state index < -0.39 is 0 Å². The summed E-state index contributed by atoms with van der Waals surface area (Å²) >= 11 is 11.6. The first-order valence-electron chi connectivity index (χ1n) is 4.58. The second kappa shape index (κ2) is 5.14. The lowest BCUT2D eigenvalue weighted by atomic mass is 10.3. The molecule has 0 N–H and O–H groups in total. The topological polar surface area (TPSA) is 35.0 Å². The third-order valence-electron chi connectivity index (χ3n) is 1.89. The highest BCUT2D eigenvalue weighted by Crippen LogP contribution is 2.24. The molecule has 2 heterocycles. The van der Waals surface area contributed by atoms with Gasteiger partial charge in [-0.25, -0.2) is 4.98 Å². The molecule has 16 heavy (non-hydrogen) atoms. The van der Waals surface area contributed by atoms with E-state index in [9.17, 15) is 0 Å². The van der Waals surface area contributed by atoms with E-state index in [1.807, 2.05) is 6.07 Å². The number of ether oxygens (including phenoxy) is 1. The van der Waals surface area contributed by atoms with Crippen LogP contribution in [-0.4, -0.2) is 9.97 Å². The maximum absolute atomic E-state index is 5.80. The molecule has 0 bridgehead atoms. The van der Waals surface area contributed by atoms with Crippen molar-refractivity contribution >= 4 is 23.2 Å². The largest absolute Gasteiger partial charge is 0.437 e. The summed E-state index contributed by atoms with van der Waals surface area (Å²) in [4.78, 5) is 8.02. The smallest absolute Gasteiger partial charge is 0.223 e. The molecule has 2 rings (SSSR count). The van der Waals surface area contributed by atoms with E-state index in [0.717, 1.165) is 5.56 Å². The predicted octanol–water partition coefficient (Wildman–Crippen LogP) is 3.66. The van der Waals surface area contributed by atoms with E-state index in [-0.39, 0.29) is 0 Å². The monoisotopic (exact) mass is 254 g/mol. The van der Waals surface area contributed by atoms with Crippen LogP contribution in [0, 0.1) is 0 Å². The van der Waals surface area contributed by atoms with Gasteiger partial charge in [-0.2, -0.15) is 0 Å². The van der Waals surface area contributed by atoms with Crippen molar-refractivity contribution < 1.29 is 4.74 Å². The third kappa shape index (κ3) is 2.62. The van der Waals surface area contributed by atoms with Crippen LogP contribution in [0.25, 0.3) is 0 Å². The number of rotatable bonds is 3. The number of nitrogens with zero attached hydrogens (tertiary/aromatic N) is 2. The van der Waals surface area contributed by atoms with Gasteiger partial charge in [-0.15, -0.1) is 11.6 Å². The molecule has 2 aromatic rings. The Morgan fingerprint density at radius 3 is 2.94 bits per heavy atom. The highest BCUT2D eigenvalue weighted by molar-refractivity contribution is 6.30. The summed E-state index contributed by atoms with van der Waals surface area (Å²) in [5.74, 6) is 1.36. The van der Waals surface area contributed by atoms with Crippen LogP contribution in [0.3, 0.4) is 0 Å². The van der Waals surface area contributed by atoms with Crippen LogP contribution in [0.5, 0.6) is 11.6 Å². The van der Waals surface area contributed by atoms with Crippen LogP contribution < -0.4 is 4.74 Å². The average Bonchev–Trinajstić information content (AvgIpc) is 2.30. The summed E-state index contributed by atoms with van der Waals surface area (Å²) in [6.07, 6.45) is 4.75. The zero-order valence-electron chi connectivity index (χ0n) is 8.23. The standard InChI is InChI=1S/C11H8Cl2N2O/c12-5-8-2-1-3-15-11(8)16-10-4-9(13)6-14-7-10/h1-4,6-7H,5H2. The predicted molar refractivity (Wildman–Crippen MR) is 63.1 cm³/mol. The molecule has 0 aliphatic rings. The van der Waals surface area contributed by atoms with Gasteiger partial charge in [0.15, 0.2) is 0 Å². The fourth-order valence-electron chi connectivity index (χ4n) is 1.18. The Labute approximate surface area is 103 Å². The Morgan fingerprint density at radius 1 is 1.31 bits per heavy atom. The first-order chi connectivity index (χ1) is 7.79. The molecule has 3 nitrogen and oxygen atoms in total. The van der Waals surface area contributed by atoms with Crippen molar-refractivity contribution in [2.45, 2.75) is 5.88 Å². The molecule has 0 spiro atoms. The van der Waals surface area contributed by atoms with E-state index >= 15 is 0 Å². The molecule has 0 aliphatic heterocycles. The van der Waals surface area contributed by atoms with Crippen molar-refractivity contribution in [3.63, 3.8) is 0 Å². The molecule has 82 valence electrons. The Bertz CT molecular complexity index is 491. The van der Waals surface area contributed by atoms with Gasteiger partial charge in [-0.05, 0) is 6.07 Å². The Morgan fingerprint density at radius 2 is 2.19 bits per heavy atom. The fourth-order valence-corrected chi connectivity index (χ4v) is 1.54. The summed E-state index contributed by atoms with van der Waals surface area (Å²) in [5, 5.41) is 0.515. The van der Waals surface area contributed by atoms with Gasteiger partial charge in [0.2, 0.25) is 5.88 Å². The lowest BCUT2D eigenvalue weighted by Crippen LogP contribution is -1.92. The van der Waals surface area contributed by atoms with E-state index in [4.69, 9.17) is 27.9 Å². The molecule has 0 radical (unpaired) electrons. The number of pyridine rings is 2. The Kier molecular flexibility index (Phi) is 3.59. The maximum Gasteiger partial charge on any atom is 0.223 e. The normalized spacial score (nSPS) is 10.1. The summed E-state index contributed by atoms with van der Waals surface area (Å²) in [5.41, 5.74) is 0.823. The number of hydrogen-bond donors (Lipinski definition) is 0.